The lowest BCUT2D eigenvalue weighted by atomic mass is 10.1. The average Bonchev–Trinajstić information content (AvgIpc) is 2.52. The summed E-state index contributed by atoms with van der Waals surface area (Å²) in [6, 6.07) is 12.2. The summed E-state index contributed by atoms with van der Waals surface area (Å²) in [6.45, 7) is -0.128. The van der Waals surface area contributed by atoms with Crippen LogP contribution in [0.15, 0.2) is 48.5 Å². The Hall–Kier alpha value is -2.81. The molecule has 0 bridgehead atoms. The summed E-state index contributed by atoms with van der Waals surface area (Å²) in [7, 11) is 0. The molecule has 2 aromatic carbocycles. The van der Waals surface area contributed by atoms with E-state index in [-0.39, 0.29) is 12.2 Å². The summed E-state index contributed by atoms with van der Waals surface area (Å²) in [6.07, 6.45) is -4.39. The Bertz CT molecular complexity index is 698. The van der Waals surface area contributed by atoms with Gasteiger partial charge in [-0.3, -0.25) is 0 Å². The summed E-state index contributed by atoms with van der Waals surface area (Å²) in [5, 5.41) is 8.65. The fourth-order valence-electron chi connectivity index (χ4n) is 1.70. The van der Waals surface area contributed by atoms with E-state index < -0.39 is 17.7 Å². The van der Waals surface area contributed by atoms with Crippen molar-refractivity contribution in [3.8, 4) is 6.07 Å². The van der Waals surface area contributed by atoms with Crippen LogP contribution in [-0.4, -0.2) is 5.97 Å². The third kappa shape index (κ3) is 3.85. The summed E-state index contributed by atoms with van der Waals surface area (Å²) in [5.41, 5.74) is 0.384. The van der Waals surface area contributed by atoms with Crippen molar-refractivity contribution in [2.75, 3.05) is 0 Å². The van der Waals surface area contributed by atoms with E-state index in [4.69, 9.17) is 10.00 Å². The van der Waals surface area contributed by atoms with E-state index in [1.54, 1.807) is 0 Å². The van der Waals surface area contributed by atoms with Crippen molar-refractivity contribution in [2.45, 2.75) is 12.8 Å². The Balaban J connectivity index is 1.97. The van der Waals surface area contributed by atoms with Gasteiger partial charge in [-0.1, -0.05) is 12.1 Å². The maximum atomic E-state index is 12.4. The standard InChI is InChI=1S/C16H10F3NO2/c17-16(18,19)14-7-3-12(4-8-14)10-22-15(21)13-5-1-11(9-20)2-6-13/h1-8H,10H2. The van der Waals surface area contributed by atoms with E-state index in [2.05, 4.69) is 0 Å². The molecule has 0 N–H and O–H groups in total. The van der Waals surface area contributed by atoms with Crippen molar-refractivity contribution in [2.24, 2.45) is 0 Å². The molecule has 0 saturated carbocycles. The molecule has 0 aliphatic heterocycles. The number of carbonyl (C=O) groups excluding carboxylic acids is 1. The van der Waals surface area contributed by atoms with Gasteiger partial charge in [-0.15, -0.1) is 0 Å². The number of nitriles is 1. The van der Waals surface area contributed by atoms with Crippen molar-refractivity contribution in [1.82, 2.24) is 0 Å². The van der Waals surface area contributed by atoms with Gasteiger partial charge in [0, 0.05) is 0 Å². The number of carbonyl (C=O) groups is 1. The number of ether oxygens (including phenoxy) is 1. The van der Waals surface area contributed by atoms with E-state index >= 15 is 0 Å². The fourth-order valence-corrected chi connectivity index (χ4v) is 1.70. The summed E-state index contributed by atoms with van der Waals surface area (Å²) in [5.74, 6) is -0.607. The number of nitrogens with zero attached hydrogens (tertiary/aromatic N) is 1. The van der Waals surface area contributed by atoms with E-state index in [0.717, 1.165) is 12.1 Å². The predicted octanol–water partition coefficient (Wildman–Crippen LogP) is 3.93. The minimum absolute atomic E-state index is 0.128. The molecule has 0 saturated heterocycles. The Morgan fingerprint density at radius 3 is 2.14 bits per heavy atom. The third-order valence-electron chi connectivity index (χ3n) is 2.90. The molecule has 0 aliphatic carbocycles. The fraction of sp³-hybridized carbons (Fsp3) is 0.125. The third-order valence-corrected chi connectivity index (χ3v) is 2.90. The van der Waals surface area contributed by atoms with Crippen LogP contribution in [0.4, 0.5) is 13.2 Å². The van der Waals surface area contributed by atoms with Gasteiger partial charge in [-0.25, -0.2) is 4.79 Å². The molecular weight excluding hydrogens is 295 g/mol. The molecule has 0 heterocycles. The van der Waals surface area contributed by atoms with Crippen LogP contribution >= 0.6 is 0 Å². The summed E-state index contributed by atoms with van der Waals surface area (Å²) >= 11 is 0. The number of halogens is 3. The quantitative estimate of drug-likeness (QED) is 0.807. The zero-order valence-electron chi connectivity index (χ0n) is 11.2. The number of hydrogen-bond donors (Lipinski definition) is 0. The first kappa shape index (κ1) is 15.6. The average molecular weight is 305 g/mol. The molecule has 0 radical (unpaired) electrons. The number of hydrogen-bond acceptors (Lipinski definition) is 3. The van der Waals surface area contributed by atoms with E-state index in [1.807, 2.05) is 6.07 Å². The van der Waals surface area contributed by atoms with Gasteiger partial charge >= 0.3 is 12.1 Å². The van der Waals surface area contributed by atoms with Gasteiger partial charge in [-0.2, -0.15) is 18.4 Å². The molecule has 0 atom stereocenters. The lowest BCUT2D eigenvalue weighted by molar-refractivity contribution is -0.137. The maximum Gasteiger partial charge on any atom is 0.416 e. The van der Waals surface area contributed by atoms with Crippen molar-refractivity contribution in [3.05, 3.63) is 70.8 Å². The highest BCUT2D eigenvalue weighted by Crippen LogP contribution is 2.29. The minimum Gasteiger partial charge on any atom is -0.457 e. The van der Waals surface area contributed by atoms with Gasteiger partial charge in [0.15, 0.2) is 0 Å². The first-order chi connectivity index (χ1) is 10.4. The topological polar surface area (TPSA) is 50.1 Å². The molecule has 0 aliphatic rings. The molecule has 112 valence electrons. The van der Waals surface area contributed by atoms with Crippen LogP contribution in [0, 0.1) is 11.3 Å². The van der Waals surface area contributed by atoms with Gasteiger partial charge in [0.25, 0.3) is 0 Å². The van der Waals surface area contributed by atoms with Gasteiger partial charge in [0.1, 0.15) is 6.61 Å². The van der Waals surface area contributed by atoms with E-state index in [9.17, 15) is 18.0 Å². The largest absolute Gasteiger partial charge is 0.457 e. The molecule has 3 nitrogen and oxygen atoms in total. The smallest absolute Gasteiger partial charge is 0.416 e. The number of benzene rings is 2. The Morgan fingerprint density at radius 2 is 1.64 bits per heavy atom. The first-order valence-electron chi connectivity index (χ1n) is 6.23. The molecular formula is C16H10F3NO2. The van der Waals surface area contributed by atoms with Crippen LogP contribution in [0.1, 0.15) is 27.0 Å². The highest BCUT2D eigenvalue weighted by molar-refractivity contribution is 5.89. The molecule has 6 heteroatoms. The predicted molar refractivity (Wildman–Crippen MR) is 71.7 cm³/mol. The van der Waals surface area contributed by atoms with Gasteiger partial charge in [-0.05, 0) is 42.0 Å². The second-order valence-corrected chi connectivity index (χ2v) is 4.46. The van der Waals surface area contributed by atoms with Gasteiger partial charge in [0.05, 0.1) is 22.8 Å². The summed E-state index contributed by atoms with van der Waals surface area (Å²) < 4.78 is 42.2. The highest BCUT2D eigenvalue weighted by atomic mass is 19.4. The highest BCUT2D eigenvalue weighted by Gasteiger charge is 2.29. The lowest BCUT2D eigenvalue weighted by Crippen LogP contribution is -2.07. The molecule has 2 rings (SSSR count). The van der Waals surface area contributed by atoms with E-state index in [0.29, 0.717) is 11.1 Å². The van der Waals surface area contributed by atoms with Crippen molar-refractivity contribution >= 4 is 5.97 Å². The zero-order valence-corrected chi connectivity index (χ0v) is 11.2. The Labute approximate surface area is 124 Å². The molecule has 0 amide bonds. The normalized spacial score (nSPS) is 10.8. The molecule has 0 unspecified atom stereocenters. The van der Waals surface area contributed by atoms with Crippen LogP contribution in [0.3, 0.4) is 0 Å². The number of esters is 1. The van der Waals surface area contributed by atoms with E-state index in [1.165, 1.54) is 36.4 Å². The Morgan fingerprint density at radius 1 is 1.05 bits per heavy atom. The monoisotopic (exact) mass is 305 g/mol. The van der Waals surface area contributed by atoms with Crippen LogP contribution in [-0.2, 0) is 17.5 Å². The first-order valence-corrected chi connectivity index (χ1v) is 6.23. The van der Waals surface area contributed by atoms with Crippen molar-refractivity contribution in [3.63, 3.8) is 0 Å². The number of alkyl halides is 3. The van der Waals surface area contributed by atoms with Crippen LogP contribution in [0.5, 0.6) is 0 Å². The second-order valence-electron chi connectivity index (χ2n) is 4.46. The minimum atomic E-state index is -4.39. The molecule has 0 aromatic heterocycles. The summed E-state index contributed by atoms with van der Waals surface area (Å²) in [4.78, 5) is 11.8. The maximum absolute atomic E-state index is 12.4. The van der Waals surface area contributed by atoms with Crippen molar-refractivity contribution < 1.29 is 22.7 Å². The van der Waals surface area contributed by atoms with Gasteiger partial charge < -0.3 is 4.74 Å². The SMILES string of the molecule is N#Cc1ccc(C(=O)OCc2ccc(C(F)(F)F)cc2)cc1. The van der Waals surface area contributed by atoms with Gasteiger partial charge in [0.2, 0.25) is 0 Å². The molecule has 22 heavy (non-hydrogen) atoms. The molecule has 0 spiro atoms. The van der Waals surface area contributed by atoms with Crippen LogP contribution in [0.25, 0.3) is 0 Å². The lowest BCUT2D eigenvalue weighted by Gasteiger charge is -2.08. The molecule has 2 aromatic rings. The molecule has 0 fully saturated rings. The zero-order chi connectivity index (χ0) is 16.2. The van der Waals surface area contributed by atoms with Crippen molar-refractivity contribution in [1.29, 1.82) is 5.26 Å². The number of rotatable bonds is 3. The second kappa shape index (κ2) is 6.31. The van der Waals surface area contributed by atoms with Crippen LogP contribution in [0.2, 0.25) is 0 Å². The Kier molecular flexibility index (Phi) is 4.47. The van der Waals surface area contributed by atoms with Crippen LogP contribution < -0.4 is 0 Å².